The zero-order valence-corrected chi connectivity index (χ0v) is 11.1. The van der Waals surface area contributed by atoms with E-state index in [9.17, 15) is 4.79 Å². The summed E-state index contributed by atoms with van der Waals surface area (Å²) in [5, 5.41) is 3.05. The van der Waals surface area contributed by atoms with Crippen molar-refractivity contribution in [2.45, 2.75) is 13.0 Å². The lowest BCUT2D eigenvalue weighted by atomic mass is 10.3. The number of hydrogen-bond acceptors (Lipinski definition) is 4. The average molecular weight is 257 g/mol. The fraction of sp³-hybridized carbons (Fsp3) is 0.917. The molecule has 0 spiro atoms. The van der Waals surface area contributed by atoms with Gasteiger partial charge in [0.15, 0.2) is 0 Å². The fourth-order valence-corrected chi connectivity index (χ4v) is 2.29. The first-order chi connectivity index (χ1) is 8.75. The van der Waals surface area contributed by atoms with Crippen LogP contribution in [0.2, 0.25) is 0 Å². The van der Waals surface area contributed by atoms with E-state index in [2.05, 4.69) is 10.2 Å². The molecule has 2 fully saturated rings. The summed E-state index contributed by atoms with van der Waals surface area (Å²) in [6.07, 6.45) is 0. The molecular formula is C12H23N3O3. The maximum atomic E-state index is 12.0. The Morgan fingerprint density at radius 3 is 2.28 bits per heavy atom. The number of nitrogens with one attached hydrogen (secondary N) is 1. The van der Waals surface area contributed by atoms with E-state index in [1.165, 1.54) is 0 Å². The van der Waals surface area contributed by atoms with Crippen LogP contribution in [0.15, 0.2) is 0 Å². The lowest BCUT2D eigenvalue weighted by Gasteiger charge is -2.32. The Kier molecular flexibility index (Phi) is 5.22. The zero-order valence-electron chi connectivity index (χ0n) is 11.1. The number of hydrogen-bond donors (Lipinski definition) is 1. The quantitative estimate of drug-likeness (QED) is 0.757. The summed E-state index contributed by atoms with van der Waals surface area (Å²) in [5.74, 6) is 0. The minimum absolute atomic E-state index is 0.0269. The number of carbonyl (C=O) groups excluding carboxylic acids is 1. The molecule has 0 bridgehead atoms. The highest BCUT2D eigenvalue weighted by atomic mass is 16.5. The number of ether oxygens (including phenoxy) is 2. The van der Waals surface area contributed by atoms with Crippen molar-refractivity contribution in [1.29, 1.82) is 0 Å². The summed E-state index contributed by atoms with van der Waals surface area (Å²) in [7, 11) is 0. The molecule has 6 nitrogen and oxygen atoms in total. The van der Waals surface area contributed by atoms with Crippen LogP contribution in [0, 0.1) is 0 Å². The van der Waals surface area contributed by atoms with Gasteiger partial charge in [-0.3, -0.25) is 4.90 Å². The van der Waals surface area contributed by atoms with E-state index >= 15 is 0 Å². The Bertz CT molecular complexity index is 263. The summed E-state index contributed by atoms with van der Waals surface area (Å²) >= 11 is 0. The smallest absolute Gasteiger partial charge is 0.317 e. The van der Waals surface area contributed by atoms with Gasteiger partial charge in [-0.25, -0.2) is 4.79 Å². The molecule has 1 unspecified atom stereocenters. The van der Waals surface area contributed by atoms with E-state index < -0.39 is 0 Å². The normalized spacial score (nSPS) is 23.7. The number of nitrogens with zero attached hydrogens (tertiary/aromatic N) is 2. The highest BCUT2D eigenvalue weighted by molar-refractivity contribution is 5.74. The third-order valence-electron chi connectivity index (χ3n) is 3.30. The van der Waals surface area contributed by atoms with Crippen molar-refractivity contribution in [1.82, 2.24) is 15.1 Å². The van der Waals surface area contributed by atoms with Crippen LogP contribution in [0.4, 0.5) is 4.79 Å². The maximum absolute atomic E-state index is 12.0. The van der Waals surface area contributed by atoms with Gasteiger partial charge in [-0.05, 0) is 6.92 Å². The Balaban J connectivity index is 1.68. The molecular weight excluding hydrogens is 234 g/mol. The molecule has 0 aromatic rings. The predicted octanol–water partition coefficient (Wildman–Crippen LogP) is -0.251. The van der Waals surface area contributed by atoms with Gasteiger partial charge in [-0.15, -0.1) is 0 Å². The second-order valence-electron chi connectivity index (χ2n) is 4.86. The van der Waals surface area contributed by atoms with Crippen molar-refractivity contribution in [3.63, 3.8) is 0 Å². The summed E-state index contributed by atoms with van der Waals surface area (Å²) in [6.45, 7) is 9.11. The van der Waals surface area contributed by atoms with Crippen LogP contribution in [0.3, 0.4) is 0 Å². The van der Waals surface area contributed by atoms with Gasteiger partial charge >= 0.3 is 6.03 Å². The Morgan fingerprint density at radius 1 is 1.11 bits per heavy atom. The molecule has 1 atom stereocenters. The van der Waals surface area contributed by atoms with Crippen molar-refractivity contribution in [2.24, 2.45) is 0 Å². The Morgan fingerprint density at radius 2 is 1.67 bits per heavy atom. The summed E-state index contributed by atoms with van der Waals surface area (Å²) in [4.78, 5) is 16.1. The topological polar surface area (TPSA) is 54.0 Å². The minimum atomic E-state index is 0.0269. The van der Waals surface area contributed by atoms with Crippen LogP contribution in [-0.4, -0.2) is 81.0 Å². The van der Waals surface area contributed by atoms with Gasteiger partial charge in [0, 0.05) is 38.8 Å². The molecule has 6 heteroatoms. The van der Waals surface area contributed by atoms with Gasteiger partial charge in [0.05, 0.1) is 26.4 Å². The Hall–Kier alpha value is -0.850. The first-order valence-electron chi connectivity index (χ1n) is 6.69. The van der Waals surface area contributed by atoms with E-state index in [4.69, 9.17) is 9.47 Å². The Labute approximate surface area is 108 Å². The predicted molar refractivity (Wildman–Crippen MR) is 67.6 cm³/mol. The molecule has 0 aromatic heterocycles. The molecule has 18 heavy (non-hydrogen) atoms. The van der Waals surface area contributed by atoms with E-state index in [0.29, 0.717) is 26.3 Å². The number of amides is 2. The molecule has 2 saturated heterocycles. The lowest BCUT2D eigenvalue weighted by Crippen LogP contribution is -2.52. The van der Waals surface area contributed by atoms with Gasteiger partial charge in [0.2, 0.25) is 0 Å². The third kappa shape index (κ3) is 4.12. The van der Waals surface area contributed by atoms with Crippen LogP contribution >= 0.6 is 0 Å². The van der Waals surface area contributed by atoms with Gasteiger partial charge in [-0.2, -0.15) is 0 Å². The van der Waals surface area contributed by atoms with Crippen molar-refractivity contribution in [2.75, 3.05) is 59.2 Å². The number of carbonyl (C=O) groups is 1. The van der Waals surface area contributed by atoms with Gasteiger partial charge in [0.25, 0.3) is 0 Å². The van der Waals surface area contributed by atoms with Crippen LogP contribution < -0.4 is 5.32 Å². The SMILES string of the molecule is CC(CN1CCOCC1)NC(=O)N1CCOCC1. The number of urea groups is 1. The molecule has 1 N–H and O–H groups in total. The van der Waals surface area contributed by atoms with Crippen molar-refractivity contribution in [3.05, 3.63) is 0 Å². The molecule has 2 rings (SSSR count). The highest BCUT2D eigenvalue weighted by Gasteiger charge is 2.20. The van der Waals surface area contributed by atoms with Crippen LogP contribution in [0.5, 0.6) is 0 Å². The summed E-state index contributed by atoms with van der Waals surface area (Å²) in [6, 6.07) is 0.192. The van der Waals surface area contributed by atoms with Crippen molar-refractivity contribution in [3.8, 4) is 0 Å². The molecule has 2 aliphatic rings. The van der Waals surface area contributed by atoms with E-state index in [0.717, 1.165) is 32.8 Å². The van der Waals surface area contributed by atoms with E-state index in [1.807, 2.05) is 11.8 Å². The van der Waals surface area contributed by atoms with Gasteiger partial charge in [-0.1, -0.05) is 0 Å². The molecule has 0 radical (unpaired) electrons. The largest absolute Gasteiger partial charge is 0.379 e. The monoisotopic (exact) mass is 257 g/mol. The fourth-order valence-electron chi connectivity index (χ4n) is 2.29. The summed E-state index contributed by atoms with van der Waals surface area (Å²) in [5.41, 5.74) is 0. The molecule has 0 aromatic carbocycles. The standard InChI is InChI=1S/C12H23N3O3/c1-11(10-14-2-6-17-7-3-14)13-12(16)15-4-8-18-9-5-15/h11H,2-10H2,1H3,(H,13,16). The molecule has 2 heterocycles. The van der Waals surface area contributed by atoms with Crippen molar-refractivity contribution < 1.29 is 14.3 Å². The number of morpholine rings is 2. The van der Waals surface area contributed by atoms with Crippen LogP contribution in [0.1, 0.15) is 6.92 Å². The van der Waals surface area contributed by atoms with E-state index in [1.54, 1.807) is 0 Å². The lowest BCUT2D eigenvalue weighted by molar-refractivity contribution is 0.0332. The number of rotatable bonds is 3. The maximum Gasteiger partial charge on any atom is 0.317 e. The van der Waals surface area contributed by atoms with Crippen LogP contribution in [-0.2, 0) is 9.47 Å². The van der Waals surface area contributed by atoms with Gasteiger partial charge in [0.1, 0.15) is 0 Å². The minimum Gasteiger partial charge on any atom is -0.379 e. The molecule has 104 valence electrons. The summed E-state index contributed by atoms with van der Waals surface area (Å²) < 4.78 is 10.5. The average Bonchev–Trinajstić information content (AvgIpc) is 2.40. The van der Waals surface area contributed by atoms with Crippen LogP contribution in [0.25, 0.3) is 0 Å². The first-order valence-corrected chi connectivity index (χ1v) is 6.69. The third-order valence-corrected chi connectivity index (χ3v) is 3.30. The second kappa shape index (κ2) is 6.92. The van der Waals surface area contributed by atoms with Gasteiger partial charge < -0.3 is 19.7 Å². The zero-order chi connectivity index (χ0) is 12.8. The molecule has 0 saturated carbocycles. The van der Waals surface area contributed by atoms with E-state index in [-0.39, 0.29) is 12.1 Å². The highest BCUT2D eigenvalue weighted by Crippen LogP contribution is 2.01. The first kappa shape index (κ1) is 13.6. The molecule has 2 amide bonds. The van der Waals surface area contributed by atoms with Crippen molar-refractivity contribution >= 4 is 6.03 Å². The molecule has 2 aliphatic heterocycles. The second-order valence-corrected chi connectivity index (χ2v) is 4.86. The molecule has 0 aliphatic carbocycles.